The summed E-state index contributed by atoms with van der Waals surface area (Å²) < 4.78 is 28.3. The van der Waals surface area contributed by atoms with Crippen LogP contribution in [0.25, 0.3) is 0 Å². The highest BCUT2D eigenvalue weighted by Gasteiger charge is 2.31. The Morgan fingerprint density at radius 3 is 2.59 bits per heavy atom. The van der Waals surface area contributed by atoms with Gasteiger partial charge in [-0.25, -0.2) is 8.42 Å². The van der Waals surface area contributed by atoms with Gasteiger partial charge in [0, 0.05) is 19.2 Å². The molecule has 1 heterocycles. The van der Waals surface area contributed by atoms with E-state index in [0.717, 1.165) is 39.0 Å². The molecule has 1 rings (SSSR count). The standard InChI is InChI=1S/C12H25NO3S/c1-3-5-7-13(8-9-16-4-2)12-6-10-17(14,15)11-12/h12H,3-11H2,1-2H3. The van der Waals surface area contributed by atoms with Crippen LogP contribution in [0, 0.1) is 0 Å². The molecule has 1 fully saturated rings. The van der Waals surface area contributed by atoms with E-state index in [1.54, 1.807) is 0 Å². The summed E-state index contributed by atoms with van der Waals surface area (Å²) in [5.41, 5.74) is 0. The fourth-order valence-corrected chi connectivity index (χ4v) is 3.99. The summed E-state index contributed by atoms with van der Waals surface area (Å²) in [5, 5.41) is 0. The van der Waals surface area contributed by atoms with Crippen molar-refractivity contribution in [1.82, 2.24) is 4.90 Å². The van der Waals surface area contributed by atoms with Gasteiger partial charge in [-0.15, -0.1) is 0 Å². The van der Waals surface area contributed by atoms with Crippen molar-refractivity contribution in [2.75, 3.05) is 37.8 Å². The van der Waals surface area contributed by atoms with E-state index in [4.69, 9.17) is 4.74 Å². The summed E-state index contributed by atoms with van der Waals surface area (Å²) in [4.78, 5) is 2.30. The average molecular weight is 263 g/mol. The molecule has 0 amide bonds. The fraction of sp³-hybridized carbons (Fsp3) is 1.00. The van der Waals surface area contributed by atoms with Gasteiger partial charge in [0.25, 0.3) is 0 Å². The lowest BCUT2D eigenvalue weighted by Gasteiger charge is -2.27. The van der Waals surface area contributed by atoms with E-state index in [9.17, 15) is 8.42 Å². The number of unbranched alkanes of at least 4 members (excludes halogenated alkanes) is 1. The Balaban J connectivity index is 2.44. The number of rotatable bonds is 8. The first-order chi connectivity index (χ1) is 8.09. The molecule has 0 aromatic heterocycles. The number of ether oxygens (including phenoxy) is 1. The molecule has 102 valence electrons. The van der Waals surface area contributed by atoms with Crippen LogP contribution >= 0.6 is 0 Å². The maximum absolute atomic E-state index is 11.5. The van der Waals surface area contributed by atoms with Gasteiger partial charge < -0.3 is 4.74 Å². The van der Waals surface area contributed by atoms with Crippen LogP contribution in [0.5, 0.6) is 0 Å². The highest BCUT2D eigenvalue weighted by atomic mass is 32.2. The lowest BCUT2D eigenvalue weighted by Crippen LogP contribution is -2.39. The SMILES string of the molecule is CCCCN(CCOCC)C1CCS(=O)(=O)C1. The second-order valence-electron chi connectivity index (χ2n) is 4.64. The van der Waals surface area contributed by atoms with E-state index in [-0.39, 0.29) is 6.04 Å². The Morgan fingerprint density at radius 1 is 1.29 bits per heavy atom. The molecule has 1 aliphatic heterocycles. The Kier molecular flexibility index (Phi) is 6.44. The fourth-order valence-electron chi connectivity index (χ4n) is 2.23. The van der Waals surface area contributed by atoms with Crippen LogP contribution in [0.15, 0.2) is 0 Å². The van der Waals surface area contributed by atoms with Crippen LogP contribution in [-0.2, 0) is 14.6 Å². The Labute approximate surface area is 105 Å². The summed E-state index contributed by atoms with van der Waals surface area (Å²) in [7, 11) is -2.78. The topological polar surface area (TPSA) is 46.6 Å². The Morgan fingerprint density at radius 2 is 2.06 bits per heavy atom. The van der Waals surface area contributed by atoms with E-state index < -0.39 is 9.84 Å². The summed E-state index contributed by atoms with van der Waals surface area (Å²) in [5.74, 6) is 0.692. The van der Waals surface area contributed by atoms with Crippen LogP contribution in [0.3, 0.4) is 0 Å². The molecule has 17 heavy (non-hydrogen) atoms. The van der Waals surface area contributed by atoms with Gasteiger partial charge >= 0.3 is 0 Å². The summed E-state index contributed by atoms with van der Waals surface area (Å²) in [6, 6.07) is 0.215. The normalized spacial score (nSPS) is 23.4. The van der Waals surface area contributed by atoms with E-state index in [1.165, 1.54) is 0 Å². The summed E-state index contributed by atoms with van der Waals surface area (Å²) in [6.07, 6.45) is 3.06. The lowest BCUT2D eigenvalue weighted by molar-refractivity contribution is 0.0978. The van der Waals surface area contributed by atoms with E-state index in [1.807, 2.05) is 6.92 Å². The van der Waals surface area contributed by atoms with Crippen LogP contribution in [0.1, 0.15) is 33.1 Å². The zero-order chi connectivity index (χ0) is 12.7. The average Bonchev–Trinajstić information content (AvgIpc) is 2.64. The predicted octanol–water partition coefficient (Wildman–Crippen LogP) is 1.31. The third-order valence-electron chi connectivity index (χ3n) is 3.25. The predicted molar refractivity (Wildman–Crippen MR) is 70.0 cm³/mol. The molecule has 1 saturated heterocycles. The molecule has 0 bridgehead atoms. The quantitative estimate of drug-likeness (QED) is 0.620. The van der Waals surface area contributed by atoms with Crippen molar-refractivity contribution in [3.8, 4) is 0 Å². The first-order valence-electron chi connectivity index (χ1n) is 6.61. The molecular weight excluding hydrogens is 238 g/mol. The molecule has 1 aliphatic rings. The summed E-state index contributed by atoms with van der Waals surface area (Å²) >= 11 is 0. The zero-order valence-corrected chi connectivity index (χ0v) is 11.8. The van der Waals surface area contributed by atoms with Crippen molar-refractivity contribution in [1.29, 1.82) is 0 Å². The van der Waals surface area contributed by atoms with Gasteiger partial charge in [-0.3, -0.25) is 4.90 Å². The van der Waals surface area contributed by atoms with Crippen molar-refractivity contribution < 1.29 is 13.2 Å². The molecule has 5 heteroatoms. The van der Waals surface area contributed by atoms with Gasteiger partial charge in [-0.05, 0) is 26.3 Å². The highest BCUT2D eigenvalue weighted by molar-refractivity contribution is 7.91. The van der Waals surface area contributed by atoms with E-state index in [2.05, 4.69) is 11.8 Å². The Hall–Kier alpha value is -0.130. The highest BCUT2D eigenvalue weighted by Crippen LogP contribution is 2.18. The van der Waals surface area contributed by atoms with Gasteiger partial charge in [-0.1, -0.05) is 13.3 Å². The van der Waals surface area contributed by atoms with Gasteiger partial charge in [-0.2, -0.15) is 0 Å². The maximum Gasteiger partial charge on any atom is 0.151 e. The van der Waals surface area contributed by atoms with E-state index in [0.29, 0.717) is 18.1 Å². The van der Waals surface area contributed by atoms with Crippen LogP contribution in [0.2, 0.25) is 0 Å². The summed E-state index contributed by atoms with van der Waals surface area (Å²) in [6.45, 7) is 7.42. The largest absolute Gasteiger partial charge is 0.380 e. The second-order valence-corrected chi connectivity index (χ2v) is 6.87. The van der Waals surface area contributed by atoms with E-state index >= 15 is 0 Å². The molecule has 0 aliphatic carbocycles. The molecule has 0 spiro atoms. The monoisotopic (exact) mass is 263 g/mol. The van der Waals surface area contributed by atoms with Gasteiger partial charge in [0.2, 0.25) is 0 Å². The first-order valence-corrected chi connectivity index (χ1v) is 8.43. The van der Waals surface area contributed by atoms with Crippen molar-refractivity contribution in [3.63, 3.8) is 0 Å². The van der Waals surface area contributed by atoms with Crippen LogP contribution < -0.4 is 0 Å². The molecule has 0 aromatic rings. The smallest absolute Gasteiger partial charge is 0.151 e. The van der Waals surface area contributed by atoms with Gasteiger partial charge in [0.05, 0.1) is 18.1 Å². The molecule has 0 aromatic carbocycles. The van der Waals surface area contributed by atoms with Crippen LogP contribution in [-0.4, -0.2) is 57.2 Å². The minimum Gasteiger partial charge on any atom is -0.380 e. The third-order valence-corrected chi connectivity index (χ3v) is 5.00. The minimum atomic E-state index is -2.78. The van der Waals surface area contributed by atoms with Crippen LogP contribution in [0.4, 0.5) is 0 Å². The number of hydrogen-bond acceptors (Lipinski definition) is 4. The van der Waals surface area contributed by atoms with Crippen molar-refractivity contribution >= 4 is 9.84 Å². The maximum atomic E-state index is 11.5. The molecule has 0 radical (unpaired) electrons. The molecular formula is C12H25NO3S. The minimum absolute atomic E-state index is 0.215. The number of hydrogen-bond donors (Lipinski definition) is 0. The van der Waals surface area contributed by atoms with Gasteiger partial charge in [0.15, 0.2) is 9.84 Å². The zero-order valence-electron chi connectivity index (χ0n) is 11.0. The first kappa shape index (κ1) is 14.9. The lowest BCUT2D eigenvalue weighted by atomic mass is 10.2. The second kappa shape index (κ2) is 7.34. The Bertz CT molecular complexity index is 303. The molecule has 1 atom stereocenters. The molecule has 0 N–H and O–H groups in total. The number of nitrogens with zero attached hydrogens (tertiary/aromatic N) is 1. The van der Waals surface area contributed by atoms with Crippen molar-refractivity contribution in [3.05, 3.63) is 0 Å². The number of sulfone groups is 1. The van der Waals surface area contributed by atoms with Crippen molar-refractivity contribution in [2.24, 2.45) is 0 Å². The third kappa shape index (κ3) is 5.36. The molecule has 0 saturated carbocycles. The van der Waals surface area contributed by atoms with Gasteiger partial charge in [0.1, 0.15) is 0 Å². The molecule has 1 unspecified atom stereocenters. The van der Waals surface area contributed by atoms with Crippen molar-refractivity contribution in [2.45, 2.75) is 39.2 Å². The molecule has 4 nitrogen and oxygen atoms in total.